The molecule has 8 heteroatoms. The number of carbonyl (C=O) groups excluding carboxylic acids is 3. The smallest absolute Gasteiger partial charge is 0.407 e. The van der Waals surface area contributed by atoms with E-state index < -0.39 is 6.09 Å². The molecule has 0 aromatic heterocycles. The Bertz CT molecular complexity index is 768. The number of rotatable bonds is 10. The predicted molar refractivity (Wildman–Crippen MR) is 122 cm³/mol. The van der Waals surface area contributed by atoms with Crippen LogP contribution in [0.25, 0.3) is 0 Å². The van der Waals surface area contributed by atoms with Crippen molar-refractivity contribution in [2.45, 2.75) is 58.9 Å². The molecule has 0 bridgehead atoms. The number of ether oxygens (including phenoxy) is 2. The predicted octanol–water partition coefficient (Wildman–Crippen LogP) is 2.55. The lowest BCUT2D eigenvalue weighted by molar-refractivity contribution is -0.144. The Morgan fingerprint density at radius 1 is 1.06 bits per heavy atom. The fraction of sp³-hybridized carbons (Fsp3) is 0.625. The van der Waals surface area contributed by atoms with E-state index in [0.29, 0.717) is 13.0 Å². The van der Waals surface area contributed by atoms with Crippen LogP contribution in [0.5, 0.6) is 0 Å². The van der Waals surface area contributed by atoms with E-state index in [-0.39, 0.29) is 54.9 Å². The van der Waals surface area contributed by atoms with E-state index in [9.17, 15) is 14.4 Å². The molecule has 8 nitrogen and oxygen atoms in total. The normalized spacial score (nSPS) is 21.9. The Morgan fingerprint density at radius 2 is 1.75 bits per heavy atom. The average molecular weight is 448 g/mol. The van der Waals surface area contributed by atoms with Crippen molar-refractivity contribution in [3.05, 3.63) is 35.9 Å². The molecule has 1 saturated carbocycles. The van der Waals surface area contributed by atoms with Crippen LogP contribution in [0.15, 0.2) is 30.3 Å². The molecule has 4 N–H and O–H groups in total. The maximum Gasteiger partial charge on any atom is 0.407 e. The molecule has 2 amide bonds. The summed E-state index contributed by atoms with van der Waals surface area (Å²) in [7, 11) is 0. The second kappa shape index (κ2) is 11.9. The quantitative estimate of drug-likeness (QED) is 0.375. The Kier molecular flexibility index (Phi) is 9.50. The number of alkyl carbamates (subject to hydrolysis) is 1. The molecule has 2 atom stereocenters. The van der Waals surface area contributed by atoms with Gasteiger partial charge in [0.15, 0.2) is 0 Å². The van der Waals surface area contributed by atoms with Crippen molar-refractivity contribution in [3.63, 3.8) is 0 Å². The molecular formula is C24H37N3O5. The number of benzene rings is 1. The number of aryl methyl sites for hydroxylation is 1. The molecular weight excluding hydrogens is 410 g/mol. The van der Waals surface area contributed by atoms with E-state index in [1.165, 1.54) is 0 Å². The van der Waals surface area contributed by atoms with Gasteiger partial charge in [-0.05, 0) is 42.1 Å². The van der Waals surface area contributed by atoms with Gasteiger partial charge >= 0.3 is 12.1 Å². The summed E-state index contributed by atoms with van der Waals surface area (Å²) in [4.78, 5) is 35.6. The van der Waals surface area contributed by atoms with Crippen molar-refractivity contribution in [2.24, 2.45) is 16.6 Å². The van der Waals surface area contributed by atoms with Gasteiger partial charge in [-0.3, -0.25) is 9.59 Å². The molecule has 32 heavy (non-hydrogen) atoms. The average Bonchev–Trinajstić information content (AvgIpc) is 2.73. The third-order valence-electron chi connectivity index (χ3n) is 5.69. The highest BCUT2D eigenvalue weighted by Crippen LogP contribution is 2.45. The third kappa shape index (κ3) is 9.26. The molecule has 0 aliphatic heterocycles. The molecule has 1 aliphatic rings. The van der Waals surface area contributed by atoms with E-state index in [0.717, 1.165) is 24.8 Å². The Balaban J connectivity index is 1.66. The second-order valence-corrected chi connectivity index (χ2v) is 9.72. The lowest BCUT2D eigenvalue weighted by Gasteiger charge is -2.46. The van der Waals surface area contributed by atoms with Crippen molar-refractivity contribution in [1.82, 2.24) is 10.6 Å². The molecule has 1 aromatic carbocycles. The first-order valence-electron chi connectivity index (χ1n) is 11.2. The summed E-state index contributed by atoms with van der Waals surface area (Å²) in [5.41, 5.74) is 6.34. The minimum absolute atomic E-state index is 0.000298. The first-order valence-corrected chi connectivity index (χ1v) is 11.2. The minimum Gasteiger partial charge on any atom is -0.462 e. The van der Waals surface area contributed by atoms with Crippen LogP contribution < -0.4 is 16.4 Å². The van der Waals surface area contributed by atoms with Gasteiger partial charge in [-0.25, -0.2) is 4.79 Å². The van der Waals surface area contributed by atoms with E-state index in [2.05, 4.69) is 31.4 Å². The maximum absolute atomic E-state index is 12.1. The zero-order chi connectivity index (χ0) is 23.6. The molecule has 2 rings (SSSR count). The van der Waals surface area contributed by atoms with Gasteiger partial charge in [-0.15, -0.1) is 0 Å². The summed E-state index contributed by atoms with van der Waals surface area (Å²) in [6.07, 6.45) is 2.89. The van der Waals surface area contributed by atoms with Gasteiger partial charge in [0.1, 0.15) is 13.2 Å². The molecule has 178 valence electrons. The van der Waals surface area contributed by atoms with Crippen LogP contribution in [0.4, 0.5) is 4.79 Å². The van der Waals surface area contributed by atoms with Gasteiger partial charge in [-0.2, -0.15) is 0 Å². The third-order valence-corrected chi connectivity index (χ3v) is 5.69. The molecule has 2 unspecified atom stereocenters. The first-order chi connectivity index (χ1) is 15.1. The highest BCUT2D eigenvalue weighted by Gasteiger charge is 2.41. The van der Waals surface area contributed by atoms with E-state index in [4.69, 9.17) is 15.2 Å². The number of esters is 1. The van der Waals surface area contributed by atoms with Crippen molar-refractivity contribution < 1.29 is 23.9 Å². The van der Waals surface area contributed by atoms with E-state index in [1.807, 2.05) is 30.3 Å². The zero-order valence-electron chi connectivity index (χ0n) is 19.4. The number of hydrogen-bond donors (Lipinski definition) is 3. The van der Waals surface area contributed by atoms with Gasteiger partial charge < -0.3 is 25.8 Å². The van der Waals surface area contributed by atoms with Crippen LogP contribution >= 0.6 is 0 Å². The van der Waals surface area contributed by atoms with Crippen LogP contribution in [-0.4, -0.2) is 50.3 Å². The van der Waals surface area contributed by atoms with Gasteiger partial charge in [-0.1, -0.05) is 51.1 Å². The van der Waals surface area contributed by atoms with Crippen molar-refractivity contribution in [3.8, 4) is 0 Å². The van der Waals surface area contributed by atoms with Gasteiger partial charge in [0.25, 0.3) is 0 Å². The number of amides is 2. The number of hydrogen-bond acceptors (Lipinski definition) is 6. The minimum atomic E-state index is -0.544. The lowest BCUT2D eigenvalue weighted by Crippen LogP contribution is -2.51. The summed E-state index contributed by atoms with van der Waals surface area (Å²) in [6.45, 7) is 6.85. The monoisotopic (exact) mass is 447 g/mol. The molecule has 1 aliphatic carbocycles. The Labute approximate surface area is 190 Å². The second-order valence-electron chi connectivity index (χ2n) is 9.72. The highest BCUT2D eigenvalue weighted by molar-refractivity contribution is 5.78. The molecule has 0 radical (unpaired) electrons. The molecule has 0 heterocycles. The number of nitrogens with two attached hydrogens (primary N) is 1. The summed E-state index contributed by atoms with van der Waals surface area (Å²) in [5.74, 6) is -0.485. The zero-order valence-corrected chi connectivity index (χ0v) is 19.4. The summed E-state index contributed by atoms with van der Waals surface area (Å²) < 4.78 is 10.3. The lowest BCUT2D eigenvalue weighted by atomic mass is 9.62. The molecule has 1 aromatic rings. The Hall–Kier alpha value is -2.61. The molecule has 0 spiro atoms. The van der Waals surface area contributed by atoms with Crippen LogP contribution in [0, 0.1) is 10.8 Å². The standard InChI is InChI=1S/C24H37N3O5/c1-23(2)13-19(27-20(28)15-25)14-24(3,16-23)17-26-22(30)32-12-11-31-21(29)10-9-18-7-5-4-6-8-18/h4-8,19H,9-17,25H2,1-3H3,(H,26,30)(H,27,28). The maximum atomic E-state index is 12.1. The first kappa shape index (κ1) is 25.6. The summed E-state index contributed by atoms with van der Waals surface area (Å²) in [6, 6.07) is 9.73. The molecule has 1 fully saturated rings. The van der Waals surface area contributed by atoms with Gasteiger partial charge in [0.2, 0.25) is 5.91 Å². The summed E-state index contributed by atoms with van der Waals surface area (Å²) >= 11 is 0. The van der Waals surface area contributed by atoms with Crippen molar-refractivity contribution in [1.29, 1.82) is 0 Å². The van der Waals surface area contributed by atoms with Crippen LogP contribution in [0.2, 0.25) is 0 Å². The van der Waals surface area contributed by atoms with E-state index >= 15 is 0 Å². The SMILES string of the molecule is CC1(C)CC(NC(=O)CN)CC(C)(CNC(=O)OCCOC(=O)CCc2ccccc2)C1. The fourth-order valence-electron chi connectivity index (χ4n) is 4.75. The fourth-order valence-corrected chi connectivity index (χ4v) is 4.75. The Morgan fingerprint density at radius 3 is 2.44 bits per heavy atom. The van der Waals surface area contributed by atoms with E-state index in [1.54, 1.807) is 0 Å². The van der Waals surface area contributed by atoms with Gasteiger partial charge in [0.05, 0.1) is 6.54 Å². The summed E-state index contributed by atoms with van der Waals surface area (Å²) in [5, 5.41) is 5.80. The van der Waals surface area contributed by atoms with Gasteiger partial charge in [0, 0.05) is 19.0 Å². The number of carbonyl (C=O) groups is 3. The van der Waals surface area contributed by atoms with Crippen LogP contribution in [0.3, 0.4) is 0 Å². The van der Waals surface area contributed by atoms with Crippen LogP contribution in [-0.2, 0) is 25.5 Å². The van der Waals surface area contributed by atoms with Crippen molar-refractivity contribution >= 4 is 18.0 Å². The van der Waals surface area contributed by atoms with Crippen LogP contribution in [0.1, 0.15) is 52.0 Å². The highest BCUT2D eigenvalue weighted by atomic mass is 16.6. The van der Waals surface area contributed by atoms with Crippen molar-refractivity contribution in [2.75, 3.05) is 26.3 Å². The molecule has 0 saturated heterocycles. The largest absolute Gasteiger partial charge is 0.462 e. The topological polar surface area (TPSA) is 120 Å². The number of nitrogens with one attached hydrogen (secondary N) is 2.